The van der Waals surface area contributed by atoms with Crippen molar-refractivity contribution in [2.45, 2.75) is 38.6 Å². The molecule has 164 valence electrons. The van der Waals surface area contributed by atoms with Gasteiger partial charge in [0.2, 0.25) is 0 Å². The summed E-state index contributed by atoms with van der Waals surface area (Å²) in [7, 11) is 0. The van der Waals surface area contributed by atoms with Crippen molar-refractivity contribution in [3.63, 3.8) is 0 Å². The summed E-state index contributed by atoms with van der Waals surface area (Å²) in [5.41, 5.74) is 4.42. The SMILES string of the molecule is CC(NC(=O)c1ccccc1NC(=O)COc1cccc2c1CCCC2)c1ccccc1. The molecule has 0 saturated carbocycles. The highest BCUT2D eigenvalue weighted by Gasteiger charge is 2.17. The molecule has 1 atom stereocenters. The van der Waals surface area contributed by atoms with Crippen LogP contribution in [0, 0.1) is 0 Å². The largest absolute Gasteiger partial charge is 0.483 e. The van der Waals surface area contributed by atoms with Gasteiger partial charge in [0.25, 0.3) is 11.8 Å². The summed E-state index contributed by atoms with van der Waals surface area (Å²) >= 11 is 0. The molecule has 0 radical (unpaired) electrons. The molecule has 2 amide bonds. The molecule has 0 saturated heterocycles. The van der Waals surface area contributed by atoms with Crippen LogP contribution in [-0.2, 0) is 17.6 Å². The molecule has 0 fully saturated rings. The Bertz CT molecular complexity index is 1100. The summed E-state index contributed by atoms with van der Waals surface area (Å²) in [6.07, 6.45) is 4.38. The second kappa shape index (κ2) is 10.1. The van der Waals surface area contributed by atoms with Gasteiger partial charge < -0.3 is 15.4 Å². The number of para-hydroxylation sites is 1. The van der Waals surface area contributed by atoms with Gasteiger partial charge >= 0.3 is 0 Å². The van der Waals surface area contributed by atoms with E-state index in [0.717, 1.165) is 30.6 Å². The number of hydrogen-bond acceptors (Lipinski definition) is 3. The average molecular weight is 429 g/mol. The normalized spacial score (nSPS) is 13.5. The highest BCUT2D eigenvalue weighted by molar-refractivity contribution is 6.04. The number of carbonyl (C=O) groups excluding carboxylic acids is 2. The number of carbonyl (C=O) groups is 2. The Balaban J connectivity index is 1.40. The van der Waals surface area contributed by atoms with Crippen molar-refractivity contribution in [3.8, 4) is 5.75 Å². The van der Waals surface area contributed by atoms with Gasteiger partial charge in [-0.25, -0.2) is 0 Å². The first kappa shape index (κ1) is 21.6. The van der Waals surface area contributed by atoms with Crippen LogP contribution in [0.4, 0.5) is 5.69 Å². The molecule has 0 heterocycles. The fraction of sp³-hybridized carbons (Fsp3) is 0.259. The number of benzene rings is 3. The second-order valence-corrected chi connectivity index (χ2v) is 8.09. The van der Waals surface area contributed by atoms with E-state index in [-0.39, 0.29) is 24.5 Å². The van der Waals surface area contributed by atoms with E-state index < -0.39 is 0 Å². The van der Waals surface area contributed by atoms with Crippen molar-refractivity contribution in [3.05, 3.63) is 95.1 Å². The molecule has 1 aliphatic rings. The van der Waals surface area contributed by atoms with Gasteiger partial charge in [-0.15, -0.1) is 0 Å². The van der Waals surface area contributed by atoms with Crippen molar-refractivity contribution in [2.24, 2.45) is 0 Å². The van der Waals surface area contributed by atoms with E-state index in [1.54, 1.807) is 24.3 Å². The van der Waals surface area contributed by atoms with Crippen LogP contribution in [0.5, 0.6) is 5.75 Å². The van der Waals surface area contributed by atoms with Crippen LogP contribution in [0.25, 0.3) is 0 Å². The summed E-state index contributed by atoms with van der Waals surface area (Å²) in [4.78, 5) is 25.5. The minimum absolute atomic E-state index is 0.104. The zero-order chi connectivity index (χ0) is 22.3. The number of fused-ring (bicyclic) bond motifs is 1. The van der Waals surface area contributed by atoms with E-state index in [0.29, 0.717) is 11.3 Å². The second-order valence-electron chi connectivity index (χ2n) is 8.09. The smallest absolute Gasteiger partial charge is 0.262 e. The lowest BCUT2D eigenvalue weighted by Crippen LogP contribution is -2.28. The Morgan fingerprint density at radius 3 is 2.50 bits per heavy atom. The summed E-state index contributed by atoms with van der Waals surface area (Å²) in [6, 6.07) is 22.6. The highest BCUT2D eigenvalue weighted by atomic mass is 16.5. The van der Waals surface area contributed by atoms with Gasteiger partial charge in [0.05, 0.1) is 17.3 Å². The number of hydrogen-bond donors (Lipinski definition) is 2. The van der Waals surface area contributed by atoms with Gasteiger partial charge in [-0.05, 0) is 67.5 Å². The molecule has 32 heavy (non-hydrogen) atoms. The number of rotatable bonds is 7. The Kier molecular flexibility index (Phi) is 6.85. The number of aryl methyl sites for hydroxylation is 1. The molecule has 2 N–H and O–H groups in total. The predicted octanol–water partition coefficient (Wildman–Crippen LogP) is 5.07. The van der Waals surface area contributed by atoms with Gasteiger partial charge in [0.15, 0.2) is 6.61 Å². The quantitative estimate of drug-likeness (QED) is 0.552. The van der Waals surface area contributed by atoms with Crippen LogP contribution in [0.3, 0.4) is 0 Å². The van der Waals surface area contributed by atoms with Gasteiger partial charge in [-0.3, -0.25) is 9.59 Å². The van der Waals surface area contributed by atoms with Gasteiger partial charge in [0, 0.05) is 0 Å². The fourth-order valence-corrected chi connectivity index (χ4v) is 4.10. The van der Waals surface area contributed by atoms with Crippen LogP contribution in [0.2, 0.25) is 0 Å². The predicted molar refractivity (Wildman–Crippen MR) is 126 cm³/mol. The molecule has 3 aromatic carbocycles. The molecule has 1 aliphatic carbocycles. The molecule has 5 heteroatoms. The lowest BCUT2D eigenvalue weighted by Gasteiger charge is -2.19. The molecule has 0 aliphatic heterocycles. The molecular weight excluding hydrogens is 400 g/mol. The third-order valence-corrected chi connectivity index (χ3v) is 5.80. The summed E-state index contributed by atoms with van der Waals surface area (Å²) < 4.78 is 5.85. The van der Waals surface area contributed by atoms with Crippen molar-refractivity contribution >= 4 is 17.5 Å². The molecule has 5 nitrogen and oxygen atoms in total. The van der Waals surface area contributed by atoms with E-state index >= 15 is 0 Å². The van der Waals surface area contributed by atoms with Crippen molar-refractivity contribution in [1.29, 1.82) is 0 Å². The third-order valence-electron chi connectivity index (χ3n) is 5.80. The highest BCUT2D eigenvalue weighted by Crippen LogP contribution is 2.29. The lowest BCUT2D eigenvalue weighted by atomic mass is 9.91. The maximum absolute atomic E-state index is 12.9. The number of amides is 2. The Labute approximate surface area is 188 Å². The van der Waals surface area contributed by atoms with E-state index in [2.05, 4.69) is 16.7 Å². The maximum Gasteiger partial charge on any atom is 0.262 e. The molecule has 1 unspecified atom stereocenters. The topological polar surface area (TPSA) is 67.4 Å². The fourth-order valence-electron chi connectivity index (χ4n) is 4.10. The molecule has 4 rings (SSSR count). The number of nitrogens with one attached hydrogen (secondary N) is 2. The minimum atomic E-state index is -0.297. The first-order chi connectivity index (χ1) is 15.6. The zero-order valence-corrected chi connectivity index (χ0v) is 18.3. The third kappa shape index (κ3) is 5.17. The molecule has 0 aromatic heterocycles. The van der Waals surface area contributed by atoms with Gasteiger partial charge in [-0.1, -0.05) is 54.6 Å². The zero-order valence-electron chi connectivity index (χ0n) is 18.3. The first-order valence-corrected chi connectivity index (χ1v) is 11.1. The van der Waals surface area contributed by atoms with Crippen LogP contribution < -0.4 is 15.4 Å². The summed E-state index contributed by atoms with van der Waals surface area (Å²) in [6.45, 7) is 1.83. The van der Waals surface area contributed by atoms with Gasteiger partial charge in [0.1, 0.15) is 5.75 Å². The molecule has 3 aromatic rings. The molecule has 0 bridgehead atoms. The van der Waals surface area contributed by atoms with Crippen LogP contribution in [0.15, 0.2) is 72.8 Å². The van der Waals surface area contributed by atoms with Crippen molar-refractivity contribution < 1.29 is 14.3 Å². The standard InChI is InChI=1S/C27H28N2O3/c1-19(20-10-3-2-4-11-20)28-27(31)23-15-7-8-16-24(23)29-26(30)18-32-25-17-9-13-21-12-5-6-14-22(21)25/h2-4,7-11,13,15-17,19H,5-6,12,14,18H2,1H3,(H,28,31)(H,29,30). The van der Waals surface area contributed by atoms with Crippen molar-refractivity contribution in [2.75, 3.05) is 11.9 Å². The molecule has 0 spiro atoms. The number of anilines is 1. The van der Waals surface area contributed by atoms with E-state index in [1.807, 2.05) is 49.4 Å². The first-order valence-electron chi connectivity index (χ1n) is 11.1. The Morgan fingerprint density at radius 1 is 0.906 bits per heavy atom. The van der Waals surface area contributed by atoms with Crippen LogP contribution in [0.1, 0.15) is 52.9 Å². The van der Waals surface area contributed by atoms with Crippen LogP contribution in [-0.4, -0.2) is 18.4 Å². The van der Waals surface area contributed by atoms with Crippen LogP contribution >= 0.6 is 0 Å². The van der Waals surface area contributed by atoms with E-state index in [9.17, 15) is 9.59 Å². The average Bonchev–Trinajstić information content (AvgIpc) is 2.83. The summed E-state index contributed by atoms with van der Waals surface area (Å²) in [5.74, 6) is 0.241. The monoisotopic (exact) mass is 428 g/mol. The molecular formula is C27H28N2O3. The number of ether oxygens (including phenoxy) is 1. The minimum Gasteiger partial charge on any atom is -0.483 e. The van der Waals surface area contributed by atoms with Crippen molar-refractivity contribution in [1.82, 2.24) is 5.32 Å². The van der Waals surface area contributed by atoms with Gasteiger partial charge in [-0.2, -0.15) is 0 Å². The Morgan fingerprint density at radius 2 is 1.66 bits per heavy atom. The maximum atomic E-state index is 12.9. The van der Waals surface area contributed by atoms with E-state index in [4.69, 9.17) is 4.74 Å². The Hall–Kier alpha value is -3.60. The van der Waals surface area contributed by atoms with E-state index in [1.165, 1.54) is 17.5 Å². The summed E-state index contributed by atoms with van der Waals surface area (Å²) in [5, 5.41) is 5.83. The lowest BCUT2D eigenvalue weighted by molar-refractivity contribution is -0.118.